The van der Waals surface area contributed by atoms with E-state index in [2.05, 4.69) is 65.9 Å². The molecule has 1 aliphatic rings. The molecule has 0 saturated carbocycles. The zero-order chi connectivity index (χ0) is 21.4. The first-order valence-electron chi connectivity index (χ1n) is 10.8. The summed E-state index contributed by atoms with van der Waals surface area (Å²) < 4.78 is 0. The fraction of sp³-hybridized carbons (Fsp3) is 0.440. The van der Waals surface area contributed by atoms with Crippen molar-refractivity contribution in [3.8, 4) is 0 Å². The van der Waals surface area contributed by atoms with E-state index < -0.39 is 0 Å². The number of nitrogens with one attached hydrogen (secondary N) is 2. The van der Waals surface area contributed by atoms with E-state index in [-0.39, 0.29) is 11.3 Å². The van der Waals surface area contributed by atoms with E-state index in [1.807, 2.05) is 29.2 Å². The average Bonchev–Trinajstić information content (AvgIpc) is 3.13. The standard InChI is InChI=1S/C25H34N4O/c1-25(2,22-12-8-5-9-13-22)19-28-24(26-3)27-17-21-16-23(30)29(18-21)15-14-20-10-6-4-7-11-20/h4-13,21H,14-19H2,1-3H3,(H2,26,27,28). The van der Waals surface area contributed by atoms with Gasteiger partial charge >= 0.3 is 0 Å². The van der Waals surface area contributed by atoms with Crippen molar-refractivity contribution in [3.05, 3.63) is 71.8 Å². The molecular formula is C25H34N4O. The largest absolute Gasteiger partial charge is 0.356 e. The predicted molar refractivity (Wildman–Crippen MR) is 124 cm³/mol. The molecular weight excluding hydrogens is 372 g/mol. The number of guanidine groups is 1. The highest BCUT2D eigenvalue weighted by molar-refractivity contribution is 5.81. The van der Waals surface area contributed by atoms with Crippen LogP contribution in [0.25, 0.3) is 0 Å². The Morgan fingerprint density at radius 1 is 1.07 bits per heavy atom. The molecule has 1 heterocycles. The molecule has 1 aliphatic heterocycles. The van der Waals surface area contributed by atoms with Crippen LogP contribution in [-0.2, 0) is 16.6 Å². The molecule has 5 nitrogen and oxygen atoms in total. The van der Waals surface area contributed by atoms with E-state index >= 15 is 0 Å². The van der Waals surface area contributed by atoms with Gasteiger partial charge in [-0.2, -0.15) is 0 Å². The molecule has 2 aromatic carbocycles. The number of carbonyl (C=O) groups excluding carboxylic acids is 1. The maximum Gasteiger partial charge on any atom is 0.223 e. The molecule has 5 heteroatoms. The molecule has 1 saturated heterocycles. The highest BCUT2D eigenvalue weighted by Gasteiger charge is 2.29. The van der Waals surface area contributed by atoms with Crippen molar-refractivity contribution in [2.24, 2.45) is 10.9 Å². The van der Waals surface area contributed by atoms with Crippen molar-refractivity contribution < 1.29 is 4.79 Å². The zero-order valence-electron chi connectivity index (χ0n) is 18.4. The number of benzene rings is 2. The first kappa shape index (κ1) is 21.9. The lowest BCUT2D eigenvalue weighted by atomic mass is 9.85. The monoisotopic (exact) mass is 406 g/mol. The minimum absolute atomic E-state index is 0.00353. The Morgan fingerprint density at radius 2 is 1.73 bits per heavy atom. The van der Waals surface area contributed by atoms with Crippen LogP contribution in [0.4, 0.5) is 0 Å². The Bertz CT molecular complexity index is 833. The minimum Gasteiger partial charge on any atom is -0.356 e. The predicted octanol–water partition coefficient (Wildman–Crippen LogP) is 3.22. The van der Waals surface area contributed by atoms with Crippen LogP contribution in [0.2, 0.25) is 0 Å². The molecule has 2 aromatic rings. The van der Waals surface area contributed by atoms with Crippen molar-refractivity contribution in [3.63, 3.8) is 0 Å². The van der Waals surface area contributed by atoms with E-state index in [1.54, 1.807) is 7.05 Å². The van der Waals surface area contributed by atoms with Crippen molar-refractivity contribution in [1.29, 1.82) is 0 Å². The van der Waals surface area contributed by atoms with E-state index in [0.717, 1.165) is 38.6 Å². The van der Waals surface area contributed by atoms with Crippen LogP contribution in [0.1, 0.15) is 31.4 Å². The van der Waals surface area contributed by atoms with E-state index in [4.69, 9.17) is 0 Å². The highest BCUT2D eigenvalue weighted by atomic mass is 16.2. The smallest absolute Gasteiger partial charge is 0.223 e. The Balaban J connectivity index is 1.43. The maximum absolute atomic E-state index is 12.4. The van der Waals surface area contributed by atoms with Gasteiger partial charge in [0.05, 0.1) is 0 Å². The quantitative estimate of drug-likeness (QED) is 0.523. The minimum atomic E-state index is -0.00353. The van der Waals surface area contributed by atoms with Gasteiger partial charge in [0.15, 0.2) is 5.96 Å². The second kappa shape index (κ2) is 10.3. The number of hydrogen-bond acceptors (Lipinski definition) is 2. The summed E-state index contributed by atoms with van der Waals surface area (Å²) in [5.74, 6) is 1.36. The lowest BCUT2D eigenvalue weighted by Crippen LogP contribution is -2.45. The fourth-order valence-corrected chi connectivity index (χ4v) is 3.87. The summed E-state index contributed by atoms with van der Waals surface area (Å²) in [5, 5.41) is 6.85. The fourth-order valence-electron chi connectivity index (χ4n) is 3.87. The molecule has 1 fully saturated rings. The van der Waals surface area contributed by atoms with Gasteiger partial charge in [-0.05, 0) is 17.5 Å². The van der Waals surface area contributed by atoms with Crippen LogP contribution < -0.4 is 10.6 Å². The average molecular weight is 407 g/mol. The number of aliphatic imine (C=N–C) groups is 1. The SMILES string of the molecule is CN=C(NCC1CC(=O)N(CCc2ccccc2)C1)NCC(C)(C)c1ccccc1. The number of amides is 1. The molecule has 0 aliphatic carbocycles. The van der Waals surface area contributed by atoms with Gasteiger partial charge in [-0.3, -0.25) is 9.79 Å². The Labute approximate surface area is 180 Å². The Hall–Kier alpha value is -2.82. The molecule has 0 bridgehead atoms. The van der Waals surface area contributed by atoms with Gasteiger partial charge in [0.2, 0.25) is 5.91 Å². The highest BCUT2D eigenvalue weighted by Crippen LogP contribution is 2.21. The third kappa shape index (κ3) is 6.09. The molecule has 3 rings (SSSR count). The summed E-state index contributed by atoms with van der Waals surface area (Å²) in [5.41, 5.74) is 2.57. The Morgan fingerprint density at radius 3 is 2.40 bits per heavy atom. The zero-order valence-corrected chi connectivity index (χ0v) is 18.4. The van der Waals surface area contributed by atoms with Crippen molar-refractivity contribution in [2.75, 3.05) is 33.2 Å². The van der Waals surface area contributed by atoms with Crippen LogP contribution in [0.15, 0.2) is 65.7 Å². The summed E-state index contributed by atoms with van der Waals surface area (Å²) in [6.07, 6.45) is 1.51. The molecule has 160 valence electrons. The third-order valence-electron chi connectivity index (χ3n) is 5.84. The normalized spacial score (nSPS) is 17.3. The lowest BCUT2D eigenvalue weighted by Gasteiger charge is -2.27. The Kier molecular flexibility index (Phi) is 7.50. The van der Waals surface area contributed by atoms with E-state index in [9.17, 15) is 4.79 Å². The molecule has 30 heavy (non-hydrogen) atoms. The van der Waals surface area contributed by atoms with Crippen molar-refractivity contribution >= 4 is 11.9 Å². The summed E-state index contributed by atoms with van der Waals surface area (Å²) in [4.78, 5) is 18.7. The molecule has 1 unspecified atom stereocenters. The second-order valence-corrected chi connectivity index (χ2v) is 8.70. The molecule has 0 radical (unpaired) electrons. The summed E-state index contributed by atoms with van der Waals surface area (Å²) in [7, 11) is 1.79. The van der Waals surface area contributed by atoms with E-state index in [1.165, 1.54) is 11.1 Å². The summed E-state index contributed by atoms with van der Waals surface area (Å²) in [6, 6.07) is 20.9. The molecule has 0 spiro atoms. The van der Waals surface area contributed by atoms with Gasteiger partial charge in [0, 0.05) is 51.0 Å². The van der Waals surface area contributed by atoms with Gasteiger partial charge in [0.1, 0.15) is 0 Å². The van der Waals surface area contributed by atoms with Gasteiger partial charge in [0.25, 0.3) is 0 Å². The van der Waals surface area contributed by atoms with Gasteiger partial charge < -0.3 is 15.5 Å². The number of carbonyl (C=O) groups is 1. The third-order valence-corrected chi connectivity index (χ3v) is 5.84. The van der Waals surface area contributed by atoms with Crippen LogP contribution in [0.3, 0.4) is 0 Å². The van der Waals surface area contributed by atoms with Gasteiger partial charge in [-0.1, -0.05) is 74.5 Å². The van der Waals surface area contributed by atoms with Crippen LogP contribution in [-0.4, -0.2) is 50.0 Å². The first-order chi connectivity index (χ1) is 14.5. The van der Waals surface area contributed by atoms with Crippen LogP contribution in [0, 0.1) is 5.92 Å². The van der Waals surface area contributed by atoms with E-state index in [0.29, 0.717) is 12.3 Å². The van der Waals surface area contributed by atoms with Crippen LogP contribution >= 0.6 is 0 Å². The van der Waals surface area contributed by atoms with Crippen molar-refractivity contribution in [1.82, 2.24) is 15.5 Å². The van der Waals surface area contributed by atoms with Crippen LogP contribution in [0.5, 0.6) is 0 Å². The molecule has 0 aromatic heterocycles. The number of nitrogens with zero attached hydrogens (tertiary/aromatic N) is 2. The summed E-state index contributed by atoms with van der Waals surface area (Å²) in [6.45, 7) is 7.58. The molecule has 1 amide bonds. The van der Waals surface area contributed by atoms with Gasteiger partial charge in [-0.15, -0.1) is 0 Å². The second-order valence-electron chi connectivity index (χ2n) is 8.70. The number of hydrogen-bond donors (Lipinski definition) is 2. The number of likely N-dealkylation sites (tertiary alicyclic amines) is 1. The topological polar surface area (TPSA) is 56.7 Å². The maximum atomic E-state index is 12.4. The molecule has 1 atom stereocenters. The summed E-state index contributed by atoms with van der Waals surface area (Å²) >= 11 is 0. The van der Waals surface area contributed by atoms with Gasteiger partial charge in [-0.25, -0.2) is 0 Å². The number of rotatable bonds is 8. The van der Waals surface area contributed by atoms with Crippen molar-refractivity contribution in [2.45, 2.75) is 32.1 Å². The first-order valence-corrected chi connectivity index (χ1v) is 10.8. The lowest BCUT2D eigenvalue weighted by molar-refractivity contribution is -0.127. The molecule has 2 N–H and O–H groups in total.